The third kappa shape index (κ3) is 2.45. The number of hydrogen-bond acceptors (Lipinski definition) is 0. The molecule has 2 rings (SSSR count). The van der Waals surface area contributed by atoms with E-state index in [4.69, 9.17) is 0 Å². The van der Waals surface area contributed by atoms with Crippen LogP contribution in [0.15, 0.2) is 54.6 Å². The van der Waals surface area contributed by atoms with Crippen LogP contribution in [-0.2, 0) is 6.54 Å². The lowest BCUT2D eigenvalue weighted by molar-refractivity contribution is 1.19. The zero-order chi connectivity index (χ0) is 10.5. The third-order valence-corrected chi connectivity index (χ3v) is 2.37. The lowest BCUT2D eigenvalue weighted by Gasteiger charge is -2.12. The highest BCUT2D eigenvalue weighted by Gasteiger charge is 1.95. The largest absolute Gasteiger partial charge is 0.661 e. The molecule has 2 aromatic rings. The fourth-order valence-corrected chi connectivity index (χ4v) is 1.66. The summed E-state index contributed by atoms with van der Waals surface area (Å²) in [5.41, 5.74) is 3.78. The first-order valence-corrected chi connectivity index (χ1v) is 5.10. The molecular weight excluding hydrogens is 182 g/mol. The Balaban J connectivity index is 2.33. The molecule has 0 spiro atoms. The quantitative estimate of drug-likeness (QED) is 0.707. The fourth-order valence-electron chi connectivity index (χ4n) is 1.66. The topological polar surface area (TPSA) is 14.1 Å². The van der Waals surface area contributed by atoms with Crippen molar-refractivity contribution in [2.75, 3.05) is 7.05 Å². The van der Waals surface area contributed by atoms with Gasteiger partial charge >= 0.3 is 0 Å². The first-order chi connectivity index (χ1) is 7.40. The van der Waals surface area contributed by atoms with Gasteiger partial charge in [0, 0.05) is 0 Å². The highest BCUT2D eigenvalue weighted by Crippen LogP contribution is 2.20. The summed E-state index contributed by atoms with van der Waals surface area (Å²) < 4.78 is 0. The second-order valence-corrected chi connectivity index (χ2v) is 3.54. The lowest BCUT2D eigenvalue weighted by Crippen LogP contribution is -1.84. The van der Waals surface area contributed by atoms with Gasteiger partial charge in [0.1, 0.15) is 0 Å². The lowest BCUT2D eigenvalue weighted by atomic mass is 10.0. The summed E-state index contributed by atoms with van der Waals surface area (Å²) in [6.45, 7) is 0.792. The predicted molar refractivity (Wildman–Crippen MR) is 64.9 cm³/mol. The molecule has 0 aliphatic rings. The summed E-state index contributed by atoms with van der Waals surface area (Å²) in [6.07, 6.45) is 0. The molecule has 0 saturated heterocycles. The number of rotatable bonds is 3. The minimum absolute atomic E-state index is 0.792. The van der Waals surface area contributed by atoms with Crippen molar-refractivity contribution in [3.63, 3.8) is 0 Å². The van der Waals surface area contributed by atoms with Crippen molar-refractivity contribution in [1.29, 1.82) is 0 Å². The van der Waals surface area contributed by atoms with E-state index in [0.717, 1.165) is 6.54 Å². The zero-order valence-corrected chi connectivity index (χ0v) is 8.85. The molecule has 2 aromatic carbocycles. The number of hydrogen-bond donors (Lipinski definition) is 0. The van der Waals surface area contributed by atoms with E-state index in [1.54, 1.807) is 0 Å². The van der Waals surface area contributed by atoms with Crippen LogP contribution in [-0.4, -0.2) is 7.05 Å². The van der Waals surface area contributed by atoms with Gasteiger partial charge in [-0.1, -0.05) is 60.2 Å². The summed E-state index contributed by atoms with van der Waals surface area (Å²) in [7, 11) is 1.84. The van der Waals surface area contributed by atoms with E-state index >= 15 is 0 Å². The molecule has 0 radical (unpaired) electrons. The summed E-state index contributed by atoms with van der Waals surface area (Å²) in [5, 5.41) is 4.14. The standard InChI is InChI=1S/C14H14N/c1-15-11-12-6-5-9-14(10-12)13-7-3-2-4-8-13/h2-10H,11H2,1H3/q-1. The molecule has 0 unspecified atom stereocenters. The Morgan fingerprint density at radius 2 is 1.60 bits per heavy atom. The maximum Gasteiger partial charge on any atom is -0.0182 e. The van der Waals surface area contributed by atoms with Crippen LogP contribution in [0.25, 0.3) is 16.4 Å². The molecule has 0 saturated carbocycles. The Hall–Kier alpha value is -1.60. The molecule has 15 heavy (non-hydrogen) atoms. The average Bonchev–Trinajstić information content (AvgIpc) is 2.31. The van der Waals surface area contributed by atoms with Crippen molar-refractivity contribution in [2.45, 2.75) is 6.54 Å². The normalized spacial score (nSPS) is 10.2. The second kappa shape index (κ2) is 4.76. The van der Waals surface area contributed by atoms with Crippen LogP contribution in [0, 0.1) is 0 Å². The summed E-state index contributed by atoms with van der Waals surface area (Å²) in [6, 6.07) is 18.9. The number of benzene rings is 2. The molecular formula is C14H14N-. The van der Waals surface area contributed by atoms with Gasteiger partial charge in [0.2, 0.25) is 0 Å². The highest BCUT2D eigenvalue weighted by atomic mass is 14.8. The Morgan fingerprint density at radius 1 is 0.867 bits per heavy atom. The SMILES string of the molecule is C[N-]Cc1cccc(-c2ccccc2)c1. The fraction of sp³-hybridized carbons (Fsp3) is 0.143. The van der Waals surface area contributed by atoms with Crippen molar-refractivity contribution in [3.05, 3.63) is 65.5 Å². The monoisotopic (exact) mass is 196 g/mol. The molecule has 0 atom stereocenters. The highest BCUT2D eigenvalue weighted by molar-refractivity contribution is 5.63. The molecule has 0 heterocycles. The summed E-state index contributed by atoms with van der Waals surface area (Å²) >= 11 is 0. The molecule has 1 heteroatoms. The van der Waals surface area contributed by atoms with Gasteiger partial charge in [0.05, 0.1) is 0 Å². The summed E-state index contributed by atoms with van der Waals surface area (Å²) in [5.74, 6) is 0. The first kappa shape index (κ1) is 9.94. The van der Waals surface area contributed by atoms with E-state index in [-0.39, 0.29) is 0 Å². The Labute approximate surface area is 90.8 Å². The van der Waals surface area contributed by atoms with Crippen LogP contribution in [0.5, 0.6) is 0 Å². The van der Waals surface area contributed by atoms with Crippen LogP contribution in [0.2, 0.25) is 0 Å². The van der Waals surface area contributed by atoms with Gasteiger partial charge in [0.15, 0.2) is 0 Å². The van der Waals surface area contributed by atoms with Crippen molar-refractivity contribution >= 4 is 0 Å². The van der Waals surface area contributed by atoms with Crippen LogP contribution in [0.3, 0.4) is 0 Å². The minimum Gasteiger partial charge on any atom is -0.661 e. The zero-order valence-electron chi connectivity index (χ0n) is 8.85. The molecule has 0 N–H and O–H groups in total. The predicted octanol–water partition coefficient (Wildman–Crippen LogP) is 3.86. The van der Waals surface area contributed by atoms with Gasteiger partial charge in [-0.25, -0.2) is 0 Å². The van der Waals surface area contributed by atoms with E-state index < -0.39 is 0 Å². The van der Waals surface area contributed by atoms with Gasteiger partial charge in [-0.05, 0) is 11.1 Å². The summed E-state index contributed by atoms with van der Waals surface area (Å²) in [4.78, 5) is 0. The Morgan fingerprint density at radius 3 is 2.33 bits per heavy atom. The van der Waals surface area contributed by atoms with Crippen LogP contribution >= 0.6 is 0 Å². The van der Waals surface area contributed by atoms with Crippen molar-refractivity contribution < 1.29 is 0 Å². The molecule has 76 valence electrons. The average molecular weight is 196 g/mol. The first-order valence-electron chi connectivity index (χ1n) is 5.10. The van der Waals surface area contributed by atoms with Crippen molar-refractivity contribution in [3.8, 4) is 11.1 Å². The maximum atomic E-state index is 4.14. The van der Waals surface area contributed by atoms with Crippen molar-refractivity contribution in [1.82, 2.24) is 0 Å². The van der Waals surface area contributed by atoms with Gasteiger partial charge in [-0.3, -0.25) is 0 Å². The van der Waals surface area contributed by atoms with E-state index in [9.17, 15) is 0 Å². The minimum atomic E-state index is 0.792. The van der Waals surface area contributed by atoms with E-state index in [1.807, 2.05) is 13.1 Å². The van der Waals surface area contributed by atoms with Crippen LogP contribution in [0.1, 0.15) is 5.56 Å². The Kier molecular flexibility index (Phi) is 3.15. The second-order valence-electron chi connectivity index (χ2n) is 3.54. The molecule has 0 amide bonds. The van der Waals surface area contributed by atoms with Crippen LogP contribution in [0.4, 0.5) is 0 Å². The Bertz CT molecular complexity index is 420. The van der Waals surface area contributed by atoms with Gasteiger partial charge in [0.25, 0.3) is 0 Å². The molecule has 0 fully saturated rings. The van der Waals surface area contributed by atoms with Crippen molar-refractivity contribution in [2.24, 2.45) is 0 Å². The molecule has 0 bridgehead atoms. The van der Waals surface area contributed by atoms with Gasteiger partial charge < -0.3 is 5.32 Å². The molecule has 0 aliphatic carbocycles. The number of nitrogens with zero attached hydrogens (tertiary/aromatic N) is 1. The van der Waals surface area contributed by atoms with Crippen LogP contribution < -0.4 is 0 Å². The van der Waals surface area contributed by atoms with E-state index in [0.29, 0.717) is 0 Å². The van der Waals surface area contributed by atoms with Gasteiger partial charge in [-0.15, -0.1) is 6.54 Å². The molecule has 0 aromatic heterocycles. The van der Waals surface area contributed by atoms with E-state index in [2.05, 4.69) is 53.8 Å². The van der Waals surface area contributed by atoms with E-state index in [1.165, 1.54) is 16.7 Å². The smallest absolute Gasteiger partial charge is 0.0182 e. The molecule has 1 nitrogen and oxygen atoms in total. The van der Waals surface area contributed by atoms with Gasteiger partial charge in [-0.2, -0.15) is 7.05 Å². The molecule has 0 aliphatic heterocycles. The maximum absolute atomic E-state index is 4.14. The third-order valence-electron chi connectivity index (χ3n) is 2.37.